The van der Waals surface area contributed by atoms with E-state index in [1.54, 1.807) is 0 Å². The van der Waals surface area contributed by atoms with Gasteiger partial charge in [-0.05, 0) is 24.3 Å². The normalized spacial score (nSPS) is 11.3. The van der Waals surface area contributed by atoms with Gasteiger partial charge in [-0.25, -0.2) is 4.39 Å². The maximum atomic E-state index is 12.9. The Hall–Kier alpha value is -1.49. The number of hydrogen-bond donors (Lipinski definition) is 2. The van der Waals surface area contributed by atoms with Crippen molar-refractivity contribution >= 4 is 5.91 Å². The zero-order valence-electron chi connectivity index (χ0n) is 10.7. The minimum Gasteiger partial charge on any atom is -0.396 e. The number of amides is 1. The maximum absolute atomic E-state index is 12.9. The first-order valence-electron chi connectivity index (χ1n) is 5.94. The van der Waals surface area contributed by atoms with Crippen LogP contribution in [-0.4, -0.2) is 29.1 Å². The van der Waals surface area contributed by atoms with Gasteiger partial charge in [-0.3, -0.25) is 9.78 Å². The van der Waals surface area contributed by atoms with E-state index in [1.165, 1.54) is 6.20 Å². The number of hydrogen-bond acceptors (Lipinski definition) is 3. The van der Waals surface area contributed by atoms with Crippen LogP contribution in [0.3, 0.4) is 0 Å². The second-order valence-corrected chi connectivity index (χ2v) is 5.07. The molecule has 2 N–H and O–H groups in total. The highest BCUT2D eigenvalue weighted by molar-refractivity contribution is 5.93. The minimum absolute atomic E-state index is 0.0981. The van der Waals surface area contributed by atoms with Gasteiger partial charge in [0, 0.05) is 19.3 Å². The van der Waals surface area contributed by atoms with Crippen LogP contribution in [0.1, 0.15) is 37.0 Å². The lowest BCUT2D eigenvalue weighted by Gasteiger charge is -2.24. The van der Waals surface area contributed by atoms with E-state index in [-0.39, 0.29) is 23.5 Å². The zero-order valence-corrected chi connectivity index (χ0v) is 10.7. The van der Waals surface area contributed by atoms with Crippen molar-refractivity contribution in [1.29, 1.82) is 0 Å². The molecule has 18 heavy (non-hydrogen) atoms. The van der Waals surface area contributed by atoms with Gasteiger partial charge in [0.25, 0.3) is 5.91 Å². The number of nitrogens with one attached hydrogen (secondary N) is 1. The molecular weight excluding hydrogens is 235 g/mol. The summed E-state index contributed by atoms with van der Waals surface area (Å²) in [6.45, 7) is 4.63. The van der Waals surface area contributed by atoms with Gasteiger partial charge in [-0.2, -0.15) is 0 Å². The third-order valence-corrected chi connectivity index (χ3v) is 2.71. The molecule has 0 bridgehead atoms. The van der Waals surface area contributed by atoms with Crippen LogP contribution in [0.15, 0.2) is 18.5 Å². The van der Waals surface area contributed by atoms with Crippen molar-refractivity contribution in [3.05, 3.63) is 29.8 Å². The molecule has 0 aromatic carbocycles. The molecule has 0 aliphatic carbocycles. The van der Waals surface area contributed by atoms with E-state index >= 15 is 0 Å². The fourth-order valence-electron chi connectivity index (χ4n) is 1.60. The molecule has 1 aromatic rings. The number of rotatable bonds is 6. The number of carbonyl (C=O) groups is 1. The Morgan fingerprint density at radius 1 is 1.50 bits per heavy atom. The van der Waals surface area contributed by atoms with E-state index in [0.29, 0.717) is 13.0 Å². The highest BCUT2D eigenvalue weighted by atomic mass is 19.1. The highest BCUT2D eigenvalue weighted by Gasteiger charge is 2.18. The molecule has 100 valence electrons. The third kappa shape index (κ3) is 4.79. The largest absolute Gasteiger partial charge is 0.396 e. The van der Waals surface area contributed by atoms with Crippen molar-refractivity contribution in [3.63, 3.8) is 0 Å². The highest BCUT2D eigenvalue weighted by Crippen LogP contribution is 2.20. The van der Waals surface area contributed by atoms with Gasteiger partial charge in [-0.1, -0.05) is 13.8 Å². The smallest absolute Gasteiger partial charge is 0.252 e. The maximum Gasteiger partial charge on any atom is 0.252 e. The van der Waals surface area contributed by atoms with Crippen molar-refractivity contribution in [2.75, 3.05) is 13.2 Å². The van der Waals surface area contributed by atoms with Crippen LogP contribution < -0.4 is 5.32 Å². The second kappa shape index (κ2) is 6.44. The summed E-state index contributed by atoms with van der Waals surface area (Å²) < 4.78 is 12.9. The average molecular weight is 254 g/mol. The molecule has 0 radical (unpaired) electrons. The van der Waals surface area contributed by atoms with E-state index < -0.39 is 5.82 Å². The quantitative estimate of drug-likeness (QED) is 0.813. The summed E-state index contributed by atoms with van der Waals surface area (Å²) in [5, 5.41) is 11.5. The molecule has 1 amide bonds. The first-order chi connectivity index (χ1) is 8.44. The van der Waals surface area contributed by atoms with E-state index in [0.717, 1.165) is 18.7 Å². The number of aliphatic hydroxyl groups is 1. The minimum atomic E-state index is -0.526. The van der Waals surface area contributed by atoms with Crippen LogP contribution in [-0.2, 0) is 0 Å². The molecule has 0 atom stereocenters. The molecule has 4 nitrogen and oxygen atoms in total. The average Bonchev–Trinajstić information content (AvgIpc) is 2.34. The number of carbonyl (C=O) groups excluding carboxylic acids is 1. The molecule has 0 aliphatic rings. The van der Waals surface area contributed by atoms with Gasteiger partial charge in [-0.15, -0.1) is 0 Å². The van der Waals surface area contributed by atoms with E-state index in [1.807, 2.05) is 13.8 Å². The van der Waals surface area contributed by atoms with Crippen LogP contribution in [0.4, 0.5) is 4.39 Å². The molecule has 0 unspecified atom stereocenters. The standard InChI is InChI=1S/C13H19FN2O2/c1-13(2,4-3-5-17)9-16-12(18)10-6-11(14)8-15-7-10/h6-8,17H,3-5,9H2,1-2H3,(H,16,18). The lowest BCUT2D eigenvalue weighted by molar-refractivity contribution is 0.0932. The molecule has 0 saturated carbocycles. The monoisotopic (exact) mass is 254 g/mol. The Morgan fingerprint density at radius 3 is 2.83 bits per heavy atom. The van der Waals surface area contributed by atoms with Crippen molar-refractivity contribution in [2.24, 2.45) is 5.41 Å². The van der Waals surface area contributed by atoms with Gasteiger partial charge in [0.1, 0.15) is 5.82 Å². The lowest BCUT2D eigenvalue weighted by Crippen LogP contribution is -2.34. The molecule has 0 fully saturated rings. The first-order valence-corrected chi connectivity index (χ1v) is 5.94. The van der Waals surface area contributed by atoms with Crippen molar-refractivity contribution in [3.8, 4) is 0 Å². The molecule has 0 saturated heterocycles. The number of pyridine rings is 1. The Morgan fingerprint density at radius 2 is 2.22 bits per heavy atom. The zero-order chi connectivity index (χ0) is 13.6. The van der Waals surface area contributed by atoms with Crippen molar-refractivity contribution in [2.45, 2.75) is 26.7 Å². The Bertz CT molecular complexity index is 408. The Labute approximate surface area is 106 Å². The summed E-state index contributed by atoms with van der Waals surface area (Å²) in [5.41, 5.74) is 0.118. The number of nitrogens with zero attached hydrogens (tertiary/aromatic N) is 1. The van der Waals surface area contributed by atoms with Gasteiger partial charge in [0.15, 0.2) is 0 Å². The van der Waals surface area contributed by atoms with Gasteiger partial charge < -0.3 is 10.4 Å². The summed E-state index contributed by atoms with van der Waals surface area (Å²) in [6, 6.07) is 1.16. The third-order valence-electron chi connectivity index (χ3n) is 2.71. The fraction of sp³-hybridized carbons (Fsp3) is 0.538. The molecule has 0 aliphatic heterocycles. The summed E-state index contributed by atoms with van der Waals surface area (Å²) in [7, 11) is 0. The molecule has 1 aromatic heterocycles. The predicted octanol–water partition coefficient (Wildman–Crippen LogP) is 1.75. The summed E-state index contributed by atoms with van der Waals surface area (Å²) in [5.74, 6) is -0.860. The SMILES string of the molecule is CC(C)(CCCO)CNC(=O)c1cncc(F)c1. The second-order valence-electron chi connectivity index (χ2n) is 5.07. The molecule has 1 heterocycles. The van der Waals surface area contributed by atoms with E-state index in [4.69, 9.17) is 5.11 Å². The van der Waals surface area contributed by atoms with Crippen LogP contribution in [0.25, 0.3) is 0 Å². The summed E-state index contributed by atoms with van der Waals surface area (Å²) in [6.07, 6.45) is 3.90. The van der Waals surface area contributed by atoms with E-state index in [2.05, 4.69) is 10.3 Å². The van der Waals surface area contributed by atoms with Gasteiger partial charge in [0.2, 0.25) is 0 Å². The number of aromatic nitrogens is 1. The molecular formula is C13H19FN2O2. The Kier molecular flexibility index (Phi) is 5.22. The summed E-state index contributed by atoms with van der Waals surface area (Å²) >= 11 is 0. The Balaban J connectivity index is 2.50. The number of aliphatic hydroxyl groups excluding tert-OH is 1. The van der Waals surface area contributed by atoms with Crippen LogP contribution in [0.2, 0.25) is 0 Å². The van der Waals surface area contributed by atoms with Crippen molar-refractivity contribution in [1.82, 2.24) is 10.3 Å². The van der Waals surface area contributed by atoms with Crippen LogP contribution in [0.5, 0.6) is 0 Å². The van der Waals surface area contributed by atoms with E-state index in [9.17, 15) is 9.18 Å². The summed E-state index contributed by atoms with van der Waals surface area (Å²) in [4.78, 5) is 15.4. The van der Waals surface area contributed by atoms with Crippen molar-refractivity contribution < 1.29 is 14.3 Å². The van der Waals surface area contributed by atoms with Crippen LogP contribution in [0, 0.1) is 11.2 Å². The molecule has 1 rings (SSSR count). The van der Waals surface area contributed by atoms with Crippen LogP contribution >= 0.6 is 0 Å². The molecule has 5 heteroatoms. The topological polar surface area (TPSA) is 62.2 Å². The fourth-order valence-corrected chi connectivity index (χ4v) is 1.60. The number of halogens is 1. The van der Waals surface area contributed by atoms with Gasteiger partial charge in [0.05, 0.1) is 11.8 Å². The van der Waals surface area contributed by atoms with Gasteiger partial charge >= 0.3 is 0 Å². The molecule has 0 spiro atoms. The predicted molar refractivity (Wildman–Crippen MR) is 66.6 cm³/mol. The lowest BCUT2D eigenvalue weighted by atomic mass is 9.88. The first kappa shape index (κ1) is 14.6.